The van der Waals surface area contributed by atoms with Crippen LogP contribution in [0.4, 0.5) is 5.13 Å². The molecular weight excluding hydrogens is 366 g/mol. The van der Waals surface area contributed by atoms with Crippen LogP contribution in [0, 0.1) is 6.92 Å². The van der Waals surface area contributed by atoms with Crippen LogP contribution in [0.3, 0.4) is 0 Å². The van der Waals surface area contributed by atoms with E-state index in [1.165, 1.54) is 23.1 Å². The fraction of sp³-hybridized carbons (Fsp3) is 0.421. The summed E-state index contributed by atoms with van der Waals surface area (Å²) in [6, 6.07) is 9.83. The number of carbonyl (C=O) groups excluding carboxylic acids is 2. The van der Waals surface area contributed by atoms with Gasteiger partial charge in [-0.25, -0.2) is 4.98 Å². The van der Waals surface area contributed by atoms with Crippen LogP contribution in [0.1, 0.15) is 31.1 Å². The van der Waals surface area contributed by atoms with Gasteiger partial charge >= 0.3 is 0 Å². The van der Waals surface area contributed by atoms with E-state index in [9.17, 15) is 9.59 Å². The van der Waals surface area contributed by atoms with Crippen molar-refractivity contribution in [3.8, 4) is 0 Å². The summed E-state index contributed by atoms with van der Waals surface area (Å²) < 4.78 is 0. The minimum atomic E-state index is -0.200. The van der Waals surface area contributed by atoms with Gasteiger partial charge < -0.3 is 10.2 Å². The smallest absolute Gasteiger partial charge is 0.245 e. The maximum atomic E-state index is 12.6. The molecule has 0 aliphatic heterocycles. The molecule has 0 radical (unpaired) electrons. The maximum Gasteiger partial charge on any atom is 0.245 e. The summed E-state index contributed by atoms with van der Waals surface area (Å²) in [7, 11) is 0. The molecule has 0 unspecified atom stereocenters. The monoisotopic (exact) mass is 391 g/mol. The Morgan fingerprint density at radius 1 is 1.23 bits per heavy atom. The minimum Gasteiger partial charge on any atom is -0.333 e. The molecule has 0 fully saturated rings. The lowest BCUT2D eigenvalue weighted by Gasteiger charge is -2.22. The third kappa shape index (κ3) is 7.17. The van der Waals surface area contributed by atoms with E-state index in [2.05, 4.69) is 17.2 Å². The van der Waals surface area contributed by atoms with Crippen LogP contribution < -0.4 is 5.32 Å². The molecule has 26 heavy (non-hydrogen) atoms. The summed E-state index contributed by atoms with van der Waals surface area (Å²) in [6.45, 7) is 4.73. The van der Waals surface area contributed by atoms with Crippen molar-refractivity contribution in [1.82, 2.24) is 9.88 Å². The highest BCUT2D eigenvalue weighted by atomic mass is 32.2. The van der Waals surface area contributed by atoms with Crippen molar-refractivity contribution in [1.29, 1.82) is 0 Å². The quantitative estimate of drug-likeness (QED) is 0.487. The molecule has 1 heterocycles. The second-order valence-electron chi connectivity index (χ2n) is 5.95. The molecule has 0 spiro atoms. The predicted octanol–water partition coefficient (Wildman–Crippen LogP) is 4.20. The molecule has 0 saturated carbocycles. The molecule has 2 aromatic rings. The molecule has 7 heteroatoms. The fourth-order valence-corrected chi connectivity index (χ4v) is 3.85. The van der Waals surface area contributed by atoms with Gasteiger partial charge in [-0.1, -0.05) is 38.0 Å². The van der Waals surface area contributed by atoms with Crippen LogP contribution in [0.15, 0.2) is 41.4 Å². The van der Waals surface area contributed by atoms with E-state index >= 15 is 0 Å². The fourth-order valence-electron chi connectivity index (χ4n) is 2.34. The van der Waals surface area contributed by atoms with Gasteiger partial charge in [0, 0.05) is 22.5 Å². The Bertz CT molecular complexity index is 704. The Balaban J connectivity index is 1.90. The van der Waals surface area contributed by atoms with Gasteiger partial charge in [0.1, 0.15) is 0 Å². The normalized spacial score (nSPS) is 10.5. The largest absolute Gasteiger partial charge is 0.333 e. The first-order valence-electron chi connectivity index (χ1n) is 8.76. The first-order valence-corrected chi connectivity index (χ1v) is 10.6. The van der Waals surface area contributed by atoms with E-state index in [4.69, 9.17) is 0 Å². The second kappa shape index (κ2) is 11.0. The number of thioether (sulfide) groups is 1. The van der Waals surface area contributed by atoms with Crippen LogP contribution >= 0.6 is 23.1 Å². The van der Waals surface area contributed by atoms with E-state index in [1.54, 1.807) is 11.1 Å². The molecule has 0 aliphatic rings. The Morgan fingerprint density at radius 3 is 2.65 bits per heavy atom. The van der Waals surface area contributed by atoms with Crippen molar-refractivity contribution in [2.24, 2.45) is 0 Å². The highest BCUT2D eigenvalue weighted by Crippen LogP contribution is 2.18. The lowest BCUT2D eigenvalue weighted by Crippen LogP contribution is -2.39. The standard InChI is InChI=1S/C19H25N3O2S2/c1-3-4-8-11-22(13-17(23)21-19-20-12-15(2)26-19)18(24)14-25-16-9-6-5-7-10-16/h5-7,9-10,12H,3-4,8,11,13-14H2,1-2H3,(H,20,21,23). The van der Waals surface area contributed by atoms with E-state index in [0.717, 1.165) is 29.0 Å². The first-order chi connectivity index (χ1) is 12.6. The highest BCUT2D eigenvalue weighted by molar-refractivity contribution is 8.00. The minimum absolute atomic E-state index is 0.0135. The van der Waals surface area contributed by atoms with Gasteiger partial charge in [0.05, 0.1) is 12.3 Å². The topological polar surface area (TPSA) is 62.3 Å². The van der Waals surface area contributed by atoms with Crippen molar-refractivity contribution in [2.75, 3.05) is 24.2 Å². The number of nitrogens with zero attached hydrogens (tertiary/aromatic N) is 2. The van der Waals surface area contributed by atoms with Gasteiger partial charge in [0.2, 0.25) is 11.8 Å². The number of benzene rings is 1. The summed E-state index contributed by atoms with van der Waals surface area (Å²) in [6.07, 6.45) is 4.75. The summed E-state index contributed by atoms with van der Waals surface area (Å²) >= 11 is 2.93. The number of aryl methyl sites for hydroxylation is 1. The number of hydrogen-bond acceptors (Lipinski definition) is 5. The molecule has 1 aromatic carbocycles. The number of hydrogen-bond donors (Lipinski definition) is 1. The average Bonchev–Trinajstić information content (AvgIpc) is 3.04. The number of aromatic nitrogens is 1. The Hall–Kier alpha value is -1.86. The molecule has 140 valence electrons. The third-order valence-corrected chi connectivity index (χ3v) is 5.52. The molecule has 0 saturated heterocycles. The van der Waals surface area contributed by atoms with Crippen molar-refractivity contribution < 1.29 is 9.59 Å². The van der Waals surface area contributed by atoms with Gasteiger partial charge in [-0.3, -0.25) is 9.59 Å². The zero-order valence-electron chi connectivity index (χ0n) is 15.2. The van der Waals surface area contributed by atoms with E-state index in [-0.39, 0.29) is 18.4 Å². The number of unbranched alkanes of at least 4 members (excludes halogenated alkanes) is 2. The van der Waals surface area contributed by atoms with Gasteiger partial charge in [0.25, 0.3) is 0 Å². The van der Waals surface area contributed by atoms with Gasteiger partial charge in [-0.2, -0.15) is 0 Å². The number of thiazole rings is 1. The molecule has 5 nitrogen and oxygen atoms in total. The summed E-state index contributed by atoms with van der Waals surface area (Å²) in [5.74, 6) is 0.120. The molecular formula is C19H25N3O2S2. The van der Waals surface area contributed by atoms with Crippen LogP contribution in [0.2, 0.25) is 0 Å². The van der Waals surface area contributed by atoms with Crippen LogP contribution in [-0.4, -0.2) is 40.5 Å². The van der Waals surface area contributed by atoms with Crippen LogP contribution in [0.25, 0.3) is 0 Å². The van der Waals surface area contributed by atoms with Crippen LogP contribution in [-0.2, 0) is 9.59 Å². The SMILES string of the molecule is CCCCCN(CC(=O)Nc1ncc(C)s1)C(=O)CSc1ccccc1. The Labute approximate surface area is 163 Å². The molecule has 0 bridgehead atoms. The first kappa shape index (κ1) is 20.5. The highest BCUT2D eigenvalue weighted by Gasteiger charge is 2.18. The van der Waals surface area contributed by atoms with Gasteiger partial charge in [-0.15, -0.1) is 23.1 Å². The number of nitrogens with one attached hydrogen (secondary N) is 1. The van der Waals surface area contributed by atoms with E-state index < -0.39 is 0 Å². The van der Waals surface area contributed by atoms with Gasteiger partial charge in [-0.05, 0) is 25.5 Å². The third-order valence-electron chi connectivity index (χ3n) is 3.69. The summed E-state index contributed by atoms with van der Waals surface area (Å²) in [5.41, 5.74) is 0. The summed E-state index contributed by atoms with van der Waals surface area (Å²) in [5, 5.41) is 3.36. The Kier molecular flexibility index (Phi) is 8.64. The number of amides is 2. The van der Waals surface area contributed by atoms with Crippen molar-refractivity contribution in [3.63, 3.8) is 0 Å². The number of rotatable bonds is 10. The molecule has 2 amide bonds. The Morgan fingerprint density at radius 2 is 2.00 bits per heavy atom. The predicted molar refractivity (Wildman–Crippen MR) is 109 cm³/mol. The zero-order valence-corrected chi connectivity index (χ0v) is 16.9. The zero-order chi connectivity index (χ0) is 18.8. The van der Waals surface area contributed by atoms with Crippen molar-refractivity contribution in [3.05, 3.63) is 41.4 Å². The lowest BCUT2D eigenvalue weighted by atomic mass is 10.2. The lowest BCUT2D eigenvalue weighted by molar-refractivity contribution is -0.132. The van der Waals surface area contributed by atoms with Crippen LogP contribution in [0.5, 0.6) is 0 Å². The second-order valence-corrected chi connectivity index (χ2v) is 8.23. The van der Waals surface area contributed by atoms with E-state index in [1.807, 2.05) is 37.3 Å². The molecule has 2 rings (SSSR count). The van der Waals surface area contributed by atoms with Crippen molar-refractivity contribution >= 4 is 40.0 Å². The van der Waals surface area contributed by atoms with Gasteiger partial charge in [0.15, 0.2) is 5.13 Å². The maximum absolute atomic E-state index is 12.6. The summed E-state index contributed by atoms with van der Waals surface area (Å²) in [4.78, 5) is 32.8. The van der Waals surface area contributed by atoms with Crippen molar-refractivity contribution in [2.45, 2.75) is 38.0 Å². The average molecular weight is 392 g/mol. The number of anilines is 1. The molecule has 0 aliphatic carbocycles. The molecule has 0 atom stereocenters. The molecule has 1 aromatic heterocycles. The number of carbonyl (C=O) groups is 2. The van der Waals surface area contributed by atoms with E-state index in [0.29, 0.717) is 17.4 Å². The molecule has 1 N–H and O–H groups in total.